The van der Waals surface area contributed by atoms with E-state index in [1.54, 1.807) is 12.3 Å². The van der Waals surface area contributed by atoms with Crippen LogP contribution < -0.4 is 5.73 Å². The van der Waals surface area contributed by atoms with Gasteiger partial charge >= 0.3 is 0 Å². The number of rotatable bonds is 2. The maximum absolute atomic E-state index is 12.6. The molecule has 0 atom stereocenters. The van der Waals surface area contributed by atoms with Crippen LogP contribution in [0, 0.1) is 5.82 Å². The number of nitrogens with one attached hydrogen (secondary N) is 1. The van der Waals surface area contributed by atoms with Crippen molar-refractivity contribution in [1.82, 2.24) is 15.2 Å². The lowest BCUT2D eigenvalue weighted by atomic mass is 10.2. The number of nitrogens with zero attached hydrogens (tertiary/aromatic N) is 2. The van der Waals surface area contributed by atoms with Gasteiger partial charge in [-0.1, -0.05) is 0 Å². The van der Waals surface area contributed by atoms with Crippen molar-refractivity contribution in [2.24, 2.45) is 5.73 Å². The van der Waals surface area contributed by atoms with Crippen LogP contribution in [0.4, 0.5) is 4.39 Å². The van der Waals surface area contributed by atoms with Crippen molar-refractivity contribution < 1.29 is 4.39 Å². The number of hydrogen-bond acceptors (Lipinski definition) is 3. The lowest BCUT2D eigenvalue weighted by Crippen LogP contribution is -1.97. The molecule has 0 unspecified atom stereocenters. The number of aromatic nitrogens is 3. The summed E-state index contributed by atoms with van der Waals surface area (Å²) in [6, 6.07) is 2.94. The second-order valence-electron chi connectivity index (χ2n) is 2.84. The third-order valence-electron chi connectivity index (χ3n) is 1.92. The minimum absolute atomic E-state index is 0.359. The third-order valence-corrected chi connectivity index (χ3v) is 1.92. The van der Waals surface area contributed by atoms with Gasteiger partial charge in [-0.3, -0.25) is 10.1 Å². The zero-order valence-electron chi connectivity index (χ0n) is 7.37. The Morgan fingerprint density at radius 2 is 2.21 bits per heavy atom. The number of aromatic amines is 1. The Balaban J connectivity index is 2.44. The van der Waals surface area contributed by atoms with Crippen molar-refractivity contribution in [1.29, 1.82) is 0 Å². The van der Waals surface area contributed by atoms with Crippen LogP contribution in [-0.2, 0) is 6.54 Å². The molecule has 4 nitrogen and oxygen atoms in total. The maximum atomic E-state index is 12.6. The van der Waals surface area contributed by atoms with Crippen molar-refractivity contribution in [3.05, 3.63) is 35.9 Å². The zero-order chi connectivity index (χ0) is 9.97. The Labute approximate surface area is 80.0 Å². The van der Waals surface area contributed by atoms with E-state index in [1.165, 1.54) is 6.07 Å². The van der Waals surface area contributed by atoms with E-state index in [0.717, 1.165) is 17.5 Å². The standard InChI is InChI=1S/C9H9FN4/c10-7-1-2-8(12-5-7)9-6(3-11)4-13-14-9/h1-2,4-5H,3,11H2,(H,13,14). The van der Waals surface area contributed by atoms with Crippen LogP contribution in [0.5, 0.6) is 0 Å². The first-order valence-electron chi connectivity index (χ1n) is 4.15. The molecule has 2 rings (SSSR count). The largest absolute Gasteiger partial charge is 0.326 e. The van der Waals surface area contributed by atoms with Gasteiger partial charge in [0.2, 0.25) is 0 Å². The van der Waals surface area contributed by atoms with Crippen molar-refractivity contribution in [3.63, 3.8) is 0 Å². The van der Waals surface area contributed by atoms with Crippen molar-refractivity contribution in [3.8, 4) is 11.4 Å². The molecule has 0 fully saturated rings. The predicted octanol–water partition coefficient (Wildman–Crippen LogP) is 1.07. The first-order chi connectivity index (χ1) is 6.81. The van der Waals surface area contributed by atoms with E-state index in [1.807, 2.05) is 0 Å². The molecule has 0 aromatic carbocycles. The second kappa shape index (κ2) is 3.55. The molecule has 0 bridgehead atoms. The van der Waals surface area contributed by atoms with Gasteiger partial charge in [-0.25, -0.2) is 4.39 Å². The first kappa shape index (κ1) is 8.83. The van der Waals surface area contributed by atoms with Crippen LogP contribution in [0.25, 0.3) is 11.4 Å². The van der Waals surface area contributed by atoms with Crippen LogP contribution in [0.1, 0.15) is 5.56 Å². The molecule has 14 heavy (non-hydrogen) atoms. The van der Waals surface area contributed by atoms with Gasteiger partial charge in [0.05, 0.1) is 23.8 Å². The third kappa shape index (κ3) is 1.49. The van der Waals surface area contributed by atoms with Gasteiger partial charge in [0.15, 0.2) is 0 Å². The van der Waals surface area contributed by atoms with E-state index in [2.05, 4.69) is 15.2 Å². The van der Waals surface area contributed by atoms with E-state index in [4.69, 9.17) is 5.73 Å². The monoisotopic (exact) mass is 192 g/mol. The summed E-state index contributed by atoms with van der Waals surface area (Å²) in [5.74, 6) is -0.359. The summed E-state index contributed by atoms with van der Waals surface area (Å²) in [5, 5.41) is 6.63. The molecule has 5 heteroatoms. The zero-order valence-corrected chi connectivity index (χ0v) is 7.37. The predicted molar refractivity (Wildman–Crippen MR) is 49.7 cm³/mol. The molecule has 0 amide bonds. The van der Waals surface area contributed by atoms with Crippen LogP contribution in [0.15, 0.2) is 24.5 Å². The van der Waals surface area contributed by atoms with Gasteiger partial charge in [-0.05, 0) is 12.1 Å². The molecule has 0 saturated heterocycles. The fraction of sp³-hybridized carbons (Fsp3) is 0.111. The summed E-state index contributed by atoms with van der Waals surface area (Å²) in [5.41, 5.74) is 7.75. The molecule has 0 aliphatic heterocycles. The Bertz CT molecular complexity index is 421. The highest BCUT2D eigenvalue weighted by Gasteiger charge is 2.06. The molecule has 0 radical (unpaired) electrons. The minimum atomic E-state index is -0.359. The van der Waals surface area contributed by atoms with Crippen LogP contribution in [-0.4, -0.2) is 15.2 Å². The molecule has 0 aliphatic carbocycles. The number of halogens is 1. The van der Waals surface area contributed by atoms with Gasteiger partial charge in [0, 0.05) is 12.1 Å². The summed E-state index contributed by atoms with van der Waals surface area (Å²) >= 11 is 0. The van der Waals surface area contributed by atoms with Crippen LogP contribution in [0.2, 0.25) is 0 Å². The highest BCUT2D eigenvalue weighted by molar-refractivity contribution is 5.57. The molecule has 0 saturated carbocycles. The van der Waals surface area contributed by atoms with Crippen molar-refractivity contribution >= 4 is 0 Å². The fourth-order valence-corrected chi connectivity index (χ4v) is 1.21. The minimum Gasteiger partial charge on any atom is -0.326 e. The molecule has 2 aromatic rings. The molecule has 0 spiro atoms. The Morgan fingerprint density at radius 1 is 1.36 bits per heavy atom. The molecular formula is C9H9FN4. The lowest BCUT2D eigenvalue weighted by Gasteiger charge is -1.99. The summed E-state index contributed by atoms with van der Waals surface area (Å²) < 4.78 is 12.6. The molecule has 0 aliphatic rings. The number of pyridine rings is 1. The first-order valence-corrected chi connectivity index (χ1v) is 4.15. The highest BCUT2D eigenvalue weighted by atomic mass is 19.1. The SMILES string of the molecule is NCc1cn[nH]c1-c1ccc(F)cn1. The Kier molecular flexibility index (Phi) is 2.24. The van der Waals surface area contributed by atoms with Crippen molar-refractivity contribution in [2.45, 2.75) is 6.54 Å². The fourth-order valence-electron chi connectivity index (χ4n) is 1.21. The van der Waals surface area contributed by atoms with Gasteiger partial charge in [-0.15, -0.1) is 0 Å². The lowest BCUT2D eigenvalue weighted by molar-refractivity contribution is 0.621. The van der Waals surface area contributed by atoms with Crippen LogP contribution >= 0.6 is 0 Å². The number of nitrogens with two attached hydrogens (primary N) is 1. The van der Waals surface area contributed by atoms with Gasteiger partial charge in [0.25, 0.3) is 0 Å². The molecule has 2 aromatic heterocycles. The molecule has 2 heterocycles. The van der Waals surface area contributed by atoms with Crippen molar-refractivity contribution in [2.75, 3.05) is 0 Å². The maximum Gasteiger partial charge on any atom is 0.141 e. The highest BCUT2D eigenvalue weighted by Crippen LogP contribution is 2.17. The van der Waals surface area contributed by atoms with E-state index in [9.17, 15) is 4.39 Å². The molecule has 3 N–H and O–H groups in total. The van der Waals surface area contributed by atoms with Gasteiger partial charge < -0.3 is 5.73 Å². The van der Waals surface area contributed by atoms with E-state index < -0.39 is 0 Å². The van der Waals surface area contributed by atoms with E-state index in [0.29, 0.717) is 12.2 Å². The molecule has 72 valence electrons. The number of hydrogen-bond donors (Lipinski definition) is 2. The van der Waals surface area contributed by atoms with E-state index in [-0.39, 0.29) is 5.82 Å². The Hall–Kier alpha value is -1.75. The second-order valence-corrected chi connectivity index (χ2v) is 2.84. The number of H-pyrrole nitrogens is 1. The average Bonchev–Trinajstić information content (AvgIpc) is 2.67. The quantitative estimate of drug-likeness (QED) is 0.747. The van der Waals surface area contributed by atoms with Crippen LogP contribution in [0.3, 0.4) is 0 Å². The van der Waals surface area contributed by atoms with Gasteiger partial charge in [0.1, 0.15) is 5.82 Å². The molecular weight excluding hydrogens is 183 g/mol. The Morgan fingerprint density at radius 3 is 2.86 bits per heavy atom. The van der Waals surface area contributed by atoms with Gasteiger partial charge in [-0.2, -0.15) is 5.10 Å². The average molecular weight is 192 g/mol. The summed E-state index contributed by atoms with van der Waals surface area (Å²) in [6.45, 7) is 0.380. The van der Waals surface area contributed by atoms with E-state index >= 15 is 0 Å². The summed E-state index contributed by atoms with van der Waals surface area (Å²) in [6.07, 6.45) is 2.80. The normalized spacial score (nSPS) is 10.4. The topological polar surface area (TPSA) is 67.6 Å². The smallest absolute Gasteiger partial charge is 0.141 e. The summed E-state index contributed by atoms with van der Waals surface area (Å²) in [7, 11) is 0. The summed E-state index contributed by atoms with van der Waals surface area (Å²) in [4.78, 5) is 3.93.